The minimum atomic E-state index is -0.814. The molecule has 16 nitrogen and oxygen atoms in total. The molecule has 0 saturated carbocycles. The fourth-order valence-electron chi connectivity index (χ4n) is 12.4. The summed E-state index contributed by atoms with van der Waals surface area (Å²) in [5.74, 6) is -6.13. The molecule has 0 bridgehead atoms. The Balaban J connectivity index is 0.00000149. The van der Waals surface area contributed by atoms with E-state index in [-0.39, 0.29) is 299 Å². The van der Waals surface area contributed by atoms with Crippen molar-refractivity contribution in [3.05, 3.63) is 162 Å². The van der Waals surface area contributed by atoms with Gasteiger partial charge in [-0.3, -0.25) is 0 Å². The van der Waals surface area contributed by atoms with Gasteiger partial charge in [0.25, 0.3) is 0 Å². The monoisotopic (exact) mass is 1300 g/mol. The molecule has 11 aromatic carbocycles. The van der Waals surface area contributed by atoms with E-state index in [4.69, 9.17) is 8.75 Å². The fraction of sp³-hybridized carbons (Fsp3) is 0. The van der Waals surface area contributed by atoms with E-state index in [2.05, 4.69) is 33.4 Å². The molecule has 0 spiro atoms. The van der Waals surface area contributed by atoms with Gasteiger partial charge < -0.3 is 59.6 Å². The van der Waals surface area contributed by atoms with Crippen LogP contribution < -0.4 is 233 Å². The van der Waals surface area contributed by atoms with Gasteiger partial charge in [-0.05, 0) is 78.5 Å². The maximum Gasteiger partial charge on any atom is 1.00 e. The van der Waals surface area contributed by atoms with E-state index in [1.54, 1.807) is 72.8 Å². The summed E-state index contributed by atoms with van der Waals surface area (Å²) in [6.07, 6.45) is 0. The number of fused-ring (bicyclic) bond motifs is 5. The first-order valence-corrected chi connectivity index (χ1v) is 23.0. The smallest absolute Gasteiger partial charge is 0.587 e. The van der Waals surface area contributed by atoms with Gasteiger partial charge >= 0.3 is 233 Å². The Morgan fingerprint density at radius 1 is 0.299 bits per heavy atom. The average molecular weight is 1300 g/mol. The van der Waals surface area contributed by atoms with Crippen LogP contribution in [0.4, 0.5) is 0 Å². The second-order valence-corrected chi connectivity index (χ2v) is 18.8. The molecule has 1 aromatic heterocycles. The zero-order valence-electron chi connectivity index (χ0n) is 40.3. The van der Waals surface area contributed by atoms with Crippen molar-refractivity contribution < 1.29 is 271 Å². The minimum absolute atomic E-state index is 0. The van der Waals surface area contributed by atoms with Crippen molar-refractivity contribution >= 4 is 156 Å². The molecule has 336 valence electrons. The van der Waals surface area contributed by atoms with Crippen LogP contribution in [0.25, 0.3) is 141 Å². The van der Waals surface area contributed by atoms with Crippen molar-refractivity contribution in [1.29, 1.82) is 10.5 Å². The molecule has 21 heteroatoms. The van der Waals surface area contributed by atoms with Gasteiger partial charge in [-0.25, -0.2) is 0 Å². The number of benzene rings is 11. The van der Waals surface area contributed by atoms with Crippen LogP contribution >= 0.6 is 11.7 Å². The van der Waals surface area contributed by atoms with Crippen molar-refractivity contribution in [3.63, 3.8) is 0 Å². The van der Waals surface area contributed by atoms with Crippen molar-refractivity contribution in [1.82, 2.24) is 8.75 Å². The van der Waals surface area contributed by atoms with E-state index in [0.717, 1.165) is 11.7 Å². The maximum absolute atomic E-state index is 14.0. The van der Waals surface area contributed by atoms with Crippen LogP contribution in [0.5, 0.6) is 0 Å². The van der Waals surface area contributed by atoms with Crippen molar-refractivity contribution in [3.8, 4) is 34.4 Å². The second-order valence-electron chi connectivity index (χ2n) is 18.3. The third-order valence-corrected chi connectivity index (χ3v) is 15.6. The Labute approximate surface area is 629 Å². The first-order valence-electron chi connectivity index (χ1n) is 22.3. The van der Waals surface area contributed by atoms with Crippen molar-refractivity contribution in [2.45, 2.75) is 0 Å². The molecule has 0 unspecified atom stereocenters. The van der Waals surface area contributed by atoms with Crippen LogP contribution in [0.3, 0.4) is 0 Å². The summed E-state index contributed by atoms with van der Waals surface area (Å²) in [6.45, 7) is 0. The molecule has 4 aliphatic heterocycles. The molecule has 0 N–H and O–H groups in total. The number of aromatic nitrogens is 2. The summed E-state index contributed by atoms with van der Waals surface area (Å²) in [5, 5.41) is 43.6. The van der Waals surface area contributed by atoms with Gasteiger partial charge in [0.15, 0.2) is 0 Å². The topological polar surface area (TPSA) is 266 Å². The van der Waals surface area contributed by atoms with E-state index in [0.29, 0.717) is 109 Å². The largest absolute Gasteiger partial charge is 1.00 e. The average Bonchev–Trinajstić information content (AvgIpc) is 3.94. The Bertz CT molecular complexity index is 4780. The summed E-state index contributed by atoms with van der Waals surface area (Å²) >= 11 is 0.879. The number of imide groups is 4. The molecular formula is C56H14N8O8Rb4S. The predicted octanol–water partition coefficient (Wildman–Crippen LogP) is -0.443. The van der Waals surface area contributed by atoms with E-state index in [1.807, 2.05) is 0 Å². The third kappa shape index (κ3) is 6.99. The van der Waals surface area contributed by atoms with Crippen LogP contribution in [0, 0.1) is 22.7 Å². The number of nitriles is 2. The molecule has 5 heterocycles. The molecule has 0 aliphatic carbocycles. The van der Waals surface area contributed by atoms with Gasteiger partial charge in [0.2, 0.25) is 0 Å². The molecule has 0 fully saturated rings. The van der Waals surface area contributed by atoms with Gasteiger partial charge in [0, 0.05) is 98.7 Å². The van der Waals surface area contributed by atoms with E-state index >= 15 is 0 Å². The van der Waals surface area contributed by atoms with Crippen LogP contribution in [-0.2, 0) is 0 Å². The number of amides is 8. The van der Waals surface area contributed by atoms with E-state index in [1.165, 1.54) is 12.1 Å². The zero-order chi connectivity index (χ0) is 49.4. The first-order chi connectivity index (χ1) is 35.4. The Morgan fingerprint density at radius 2 is 0.571 bits per heavy atom. The summed E-state index contributed by atoms with van der Waals surface area (Å²) < 4.78 is 9.70. The zero-order valence-corrected chi connectivity index (χ0v) is 60.8. The number of hydrogen-bond acceptors (Lipinski definition) is 13. The molecule has 8 amide bonds. The number of carbonyl (C=O) groups excluding carboxylic acids is 8. The standard InChI is InChI=1S/C56H18N8O8S.4Rb/c57-15-17-11-31-43-33(55(71)61-53(31)69)13-29(39-23-5-9-27-41-25(49(65)59-51(27)67)7-3-21(37(23)41)35(17)45(39)43)19-1-2-20(48-47(19)63-73-64-48)30-14-34-44-32(54(70)62-56(34)72)12-18(16-58)36-22-4-8-26-42-28(52(68)60-50(26)66)10-6-24(38(22)42)40(30)46(36)44;;;;/h1-14H,(H4,59,60,61,62,65,66,67,68,69,70,71,72);;;;/q;4*+1/p-4. The van der Waals surface area contributed by atoms with E-state index in [9.17, 15) is 48.9 Å². The normalized spacial score (nSPS) is 14.2. The third-order valence-electron chi connectivity index (χ3n) is 15.1. The summed E-state index contributed by atoms with van der Waals surface area (Å²) in [6, 6.07) is 27.2. The number of hydrogen-bond donors (Lipinski definition) is 0. The Morgan fingerprint density at radius 3 is 0.896 bits per heavy atom. The summed E-state index contributed by atoms with van der Waals surface area (Å²) in [5.41, 5.74) is 3.56. The van der Waals surface area contributed by atoms with Crippen LogP contribution in [0.1, 0.15) is 94.0 Å². The molecule has 16 rings (SSSR count). The molecule has 4 aliphatic rings. The Kier molecular flexibility index (Phi) is 13.4. The van der Waals surface area contributed by atoms with Crippen LogP contribution in [-0.4, -0.2) is 56.0 Å². The molecule has 77 heavy (non-hydrogen) atoms. The van der Waals surface area contributed by atoms with E-state index < -0.39 is 47.3 Å². The van der Waals surface area contributed by atoms with Gasteiger partial charge in [-0.2, -0.15) is 19.3 Å². The van der Waals surface area contributed by atoms with Crippen LogP contribution in [0.2, 0.25) is 0 Å². The quantitative estimate of drug-likeness (QED) is 0.121. The fourth-order valence-corrected chi connectivity index (χ4v) is 12.9. The number of nitrogens with zero attached hydrogens (tertiary/aromatic N) is 8. The minimum Gasteiger partial charge on any atom is -0.587 e. The first kappa shape index (κ1) is 54.2. The SMILES string of the molecule is N#Cc1cc2c3c(cc(-c4ccc(-c5cc6c7c(cc(C#N)c8c9ccc%10c%11c(ccc(c5c78)c%119)C(=O)[N-]C%10=O)C(=O)[N-]C6=O)c5nsnc45)c4c5ccc6c7c(ccc(c1c34)c75)C(=O)[N-]C6=O)C(=O)[N-]C2=O.[Rb+].[Rb+].[Rb+].[Rb+]. The summed E-state index contributed by atoms with van der Waals surface area (Å²) in [7, 11) is 0. The van der Waals surface area contributed by atoms with Gasteiger partial charge in [0.05, 0.1) is 82.3 Å². The number of rotatable bonds is 2. The molecular weight excluding hydrogens is 1290 g/mol. The van der Waals surface area contributed by atoms with Crippen LogP contribution in [0.15, 0.2) is 84.9 Å². The van der Waals surface area contributed by atoms with Crippen molar-refractivity contribution in [2.75, 3.05) is 0 Å². The molecule has 0 radical (unpaired) electrons. The van der Waals surface area contributed by atoms with Gasteiger partial charge in [0.1, 0.15) is 11.0 Å². The molecule has 0 saturated heterocycles. The maximum atomic E-state index is 14.0. The predicted molar refractivity (Wildman–Crippen MR) is 268 cm³/mol. The van der Waals surface area contributed by atoms with Gasteiger partial charge in [-0.1, -0.05) is 60.7 Å². The van der Waals surface area contributed by atoms with Crippen molar-refractivity contribution in [2.24, 2.45) is 0 Å². The molecule has 0 atom stereocenters. The summed E-state index contributed by atoms with van der Waals surface area (Å²) in [4.78, 5) is 109. The van der Waals surface area contributed by atoms with Gasteiger partial charge in [-0.15, -0.1) is 0 Å². The Hall–Kier alpha value is -3.40. The number of carbonyl (C=O) groups is 8. The molecule has 12 aromatic rings. The second kappa shape index (κ2) is 19.1.